The minimum atomic E-state index is -2.82. The number of likely N-dealkylation sites (tertiary alicyclic amines) is 2. The van der Waals surface area contributed by atoms with Crippen molar-refractivity contribution in [1.29, 1.82) is 5.26 Å². The Balaban J connectivity index is 1.68. The molecule has 3 rings (SSSR count). The fraction of sp³-hybridized carbons (Fsp3) is 0.593. The largest absolute Gasteiger partial charge is 0.475 e. The van der Waals surface area contributed by atoms with E-state index < -0.39 is 54.4 Å². The van der Waals surface area contributed by atoms with Crippen LogP contribution in [0, 0.1) is 17.1 Å². The molecule has 2 fully saturated rings. The lowest BCUT2D eigenvalue weighted by atomic mass is 9.76. The van der Waals surface area contributed by atoms with Crippen LogP contribution in [0.25, 0.3) is 0 Å². The number of halogens is 3. The second-order valence-electron chi connectivity index (χ2n) is 11.3. The molecular formula is C27H36BF3N4O5. The van der Waals surface area contributed by atoms with E-state index in [9.17, 15) is 38.1 Å². The van der Waals surface area contributed by atoms with Gasteiger partial charge in [0.2, 0.25) is 0 Å². The van der Waals surface area contributed by atoms with Crippen LogP contribution in [0.5, 0.6) is 0 Å². The average Bonchev–Trinajstić information content (AvgIpc) is 3.27. The summed E-state index contributed by atoms with van der Waals surface area (Å²) >= 11 is 0. The van der Waals surface area contributed by atoms with Crippen LogP contribution in [0.3, 0.4) is 0 Å². The molecule has 2 aliphatic heterocycles. The van der Waals surface area contributed by atoms with Gasteiger partial charge in [-0.3, -0.25) is 9.69 Å². The lowest BCUT2D eigenvalue weighted by molar-refractivity contribution is -0.136. The second-order valence-corrected chi connectivity index (χ2v) is 11.3. The molecule has 0 bridgehead atoms. The Labute approximate surface area is 232 Å². The van der Waals surface area contributed by atoms with Crippen molar-refractivity contribution in [2.45, 2.75) is 75.8 Å². The second kappa shape index (κ2) is 12.6. The van der Waals surface area contributed by atoms with Gasteiger partial charge in [-0.1, -0.05) is 12.1 Å². The van der Waals surface area contributed by atoms with E-state index in [1.165, 1.54) is 35.2 Å². The van der Waals surface area contributed by atoms with E-state index >= 15 is 0 Å². The number of piperidine rings is 1. The zero-order valence-electron chi connectivity index (χ0n) is 23.0. The van der Waals surface area contributed by atoms with E-state index in [4.69, 9.17) is 4.74 Å². The topological polar surface area (TPSA) is 126 Å². The van der Waals surface area contributed by atoms with Crippen molar-refractivity contribution in [3.63, 3.8) is 0 Å². The fourth-order valence-corrected chi connectivity index (χ4v) is 5.16. The minimum Gasteiger partial charge on any atom is -0.447 e. The summed E-state index contributed by atoms with van der Waals surface area (Å²) in [6, 6.07) is 7.28. The summed E-state index contributed by atoms with van der Waals surface area (Å²) in [5, 5.41) is 31.7. The van der Waals surface area contributed by atoms with E-state index in [0.717, 1.165) is 6.42 Å². The standard InChI is InChI=1S/C27H36BF3N4O5/c1-25(2,34-13-11-27(30,31)17-34)15-20(16-32)23(36)35-12-5-4-10-26(35,3)18-40-24(37)33-22(28(38)39)14-19-6-8-21(29)9-7-19/h6-9,15,22,38-39H,4-5,10-14,17-18H2,1-3H3,(H,33,37)/t22-,26+/m0/s1. The van der Waals surface area contributed by atoms with Crippen LogP contribution in [0.15, 0.2) is 35.9 Å². The highest BCUT2D eigenvalue weighted by molar-refractivity contribution is 6.43. The molecule has 2 heterocycles. The maximum absolute atomic E-state index is 13.8. The highest BCUT2D eigenvalue weighted by Gasteiger charge is 2.44. The van der Waals surface area contributed by atoms with Gasteiger partial charge < -0.3 is 25.0 Å². The molecule has 40 heavy (non-hydrogen) atoms. The maximum Gasteiger partial charge on any atom is 0.475 e. The molecule has 1 aromatic rings. The summed E-state index contributed by atoms with van der Waals surface area (Å²) in [7, 11) is -1.91. The zero-order valence-corrected chi connectivity index (χ0v) is 23.0. The summed E-state index contributed by atoms with van der Waals surface area (Å²) in [5.74, 6) is -4.99. The van der Waals surface area contributed by atoms with Crippen molar-refractivity contribution in [1.82, 2.24) is 15.1 Å². The lowest BCUT2D eigenvalue weighted by Gasteiger charge is -2.44. The van der Waals surface area contributed by atoms with E-state index in [1.54, 1.807) is 25.7 Å². The summed E-state index contributed by atoms with van der Waals surface area (Å²) < 4.78 is 46.2. The highest BCUT2D eigenvalue weighted by atomic mass is 19.3. The third-order valence-electron chi connectivity index (χ3n) is 7.62. The molecule has 0 radical (unpaired) electrons. The number of alkyl carbamates (subject to hydrolysis) is 1. The normalized spacial score (nSPS) is 22.4. The Kier molecular flexibility index (Phi) is 9.92. The number of ether oxygens (including phenoxy) is 1. The SMILES string of the molecule is CC(C)(C=C(C#N)C(=O)N1CCCC[C@]1(C)COC(=O)N[C@@H](Cc1ccc(F)cc1)B(O)O)N1CCC(F)(F)C1. The van der Waals surface area contributed by atoms with E-state index in [-0.39, 0.29) is 31.6 Å². The third-order valence-corrected chi connectivity index (χ3v) is 7.62. The number of rotatable bonds is 9. The van der Waals surface area contributed by atoms with Gasteiger partial charge in [0.15, 0.2) is 0 Å². The van der Waals surface area contributed by atoms with Gasteiger partial charge in [-0.05, 0) is 70.2 Å². The number of alkyl halides is 2. The first kappa shape index (κ1) is 31.5. The molecule has 9 nitrogen and oxygen atoms in total. The molecule has 0 unspecified atom stereocenters. The van der Waals surface area contributed by atoms with Crippen LogP contribution in [0.1, 0.15) is 52.0 Å². The molecule has 0 aromatic heterocycles. The van der Waals surface area contributed by atoms with Crippen molar-refractivity contribution >= 4 is 19.1 Å². The monoisotopic (exact) mass is 564 g/mol. The van der Waals surface area contributed by atoms with Gasteiger partial charge in [0.05, 0.1) is 18.0 Å². The van der Waals surface area contributed by atoms with Crippen molar-refractivity contribution in [3.8, 4) is 6.07 Å². The number of nitrogens with one attached hydrogen (secondary N) is 1. The Hall–Kier alpha value is -3.08. The molecule has 2 atom stereocenters. The van der Waals surface area contributed by atoms with Gasteiger partial charge in [0.25, 0.3) is 11.8 Å². The third kappa shape index (κ3) is 7.99. The Morgan fingerprint density at radius 3 is 2.48 bits per heavy atom. The van der Waals surface area contributed by atoms with E-state index in [1.807, 2.05) is 6.07 Å². The fourth-order valence-electron chi connectivity index (χ4n) is 5.16. The minimum absolute atomic E-state index is 0.00395. The number of carbonyl (C=O) groups is 2. The molecule has 2 aliphatic rings. The first-order chi connectivity index (χ1) is 18.7. The van der Waals surface area contributed by atoms with Gasteiger partial charge in [-0.25, -0.2) is 18.0 Å². The molecule has 0 aliphatic carbocycles. The van der Waals surface area contributed by atoms with Gasteiger partial charge in [-0.2, -0.15) is 5.26 Å². The van der Waals surface area contributed by atoms with Crippen LogP contribution in [0.2, 0.25) is 0 Å². The van der Waals surface area contributed by atoms with Crippen molar-refractivity contribution in [2.75, 3.05) is 26.2 Å². The molecule has 1 aromatic carbocycles. The summed E-state index contributed by atoms with van der Waals surface area (Å²) in [5.41, 5.74) is -1.54. The molecule has 2 amide bonds. The first-order valence-corrected chi connectivity index (χ1v) is 13.3. The number of benzene rings is 1. The number of hydrogen-bond donors (Lipinski definition) is 3. The van der Waals surface area contributed by atoms with Gasteiger partial charge >= 0.3 is 13.2 Å². The van der Waals surface area contributed by atoms with Crippen molar-refractivity contribution in [3.05, 3.63) is 47.3 Å². The van der Waals surface area contributed by atoms with Crippen LogP contribution >= 0.6 is 0 Å². The molecule has 3 N–H and O–H groups in total. The first-order valence-electron chi connectivity index (χ1n) is 13.3. The Morgan fingerprint density at radius 2 is 1.90 bits per heavy atom. The van der Waals surface area contributed by atoms with Crippen LogP contribution < -0.4 is 5.32 Å². The average molecular weight is 564 g/mol. The van der Waals surface area contributed by atoms with Crippen LogP contribution in [-0.4, -0.2) is 88.1 Å². The van der Waals surface area contributed by atoms with Gasteiger partial charge in [-0.15, -0.1) is 0 Å². The number of nitrogens with zero attached hydrogens (tertiary/aromatic N) is 3. The van der Waals surface area contributed by atoms with Gasteiger partial charge in [0, 0.05) is 25.0 Å². The van der Waals surface area contributed by atoms with E-state index in [0.29, 0.717) is 24.9 Å². The van der Waals surface area contributed by atoms with Gasteiger partial charge in [0.1, 0.15) is 24.1 Å². The zero-order chi connectivity index (χ0) is 29.7. The number of amides is 2. The molecule has 0 spiro atoms. The van der Waals surface area contributed by atoms with E-state index in [2.05, 4.69) is 5.32 Å². The quantitative estimate of drug-likeness (QED) is 0.239. The Morgan fingerprint density at radius 1 is 1.23 bits per heavy atom. The number of hydrogen-bond acceptors (Lipinski definition) is 7. The maximum atomic E-state index is 13.8. The molecule has 218 valence electrons. The smallest absolute Gasteiger partial charge is 0.447 e. The van der Waals surface area contributed by atoms with Crippen LogP contribution in [0.4, 0.5) is 18.0 Å². The van der Waals surface area contributed by atoms with Crippen molar-refractivity contribution < 1.29 is 37.5 Å². The predicted octanol–water partition coefficient (Wildman–Crippen LogP) is 2.82. The summed E-state index contributed by atoms with van der Waals surface area (Å²) in [6.45, 7) is 4.85. The lowest BCUT2D eigenvalue weighted by Crippen LogP contribution is -2.57. The predicted molar refractivity (Wildman–Crippen MR) is 141 cm³/mol. The van der Waals surface area contributed by atoms with Crippen LogP contribution in [-0.2, 0) is 16.0 Å². The molecule has 13 heteroatoms. The molecule has 0 saturated carbocycles. The number of nitriles is 1. The summed E-state index contributed by atoms with van der Waals surface area (Å²) in [6.07, 6.45) is 2.09. The molecular weight excluding hydrogens is 528 g/mol. The highest BCUT2D eigenvalue weighted by Crippen LogP contribution is 2.34. The Bertz CT molecular complexity index is 1140. The van der Waals surface area contributed by atoms with Crippen molar-refractivity contribution in [2.24, 2.45) is 0 Å². The summed E-state index contributed by atoms with van der Waals surface area (Å²) in [4.78, 5) is 29.1. The molecule has 2 saturated heterocycles. The number of carbonyl (C=O) groups excluding carboxylic acids is 2.